The zero-order valence-corrected chi connectivity index (χ0v) is 20.2. The largest absolute Gasteiger partial charge is 0.382 e. The lowest BCUT2D eigenvalue weighted by Crippen LogP contribution is -2.05. The van der Waals surface area contributed by atoms with Crippen molar-refractivity contribution in [2.45, 2.75) is 52.4 Å². The number of nitrogens with zero attached hydrogens (tertiary/aromatic N) is 4. The fraction of sp³-hybridized carbons (Fsp3) is 0.296. The third-order valence-corrected chi connectivity index (χ3v) is 6.06. The van der Waals surface area contributed by atoms with Crippen LogP contribution in [-0.4, -0.2) is 29.5 Å². The Hall–Kier alpha value is -3.87. The molecule has 176 valence electrons. The second-order valence-corrected chi connectivity index (χ2v) is 8.68. The molecule has 4 heterocycles. The Morgan fingerprint density at radius 2 is 1.97 bits per heavy atom. The molecule has 4 N–H and O–H groups in total. The summed E-state index contributed by atoms with van der Waals surface area (Å²) < 4.78 is 2.13. The van der Waals surface area contributed by atoms with E-state index in [-0.39, 0.29) is 0 Å². The number of allylic oxidation sites excluding steroid dienone is 1. The van der Waals surface area contributed by atoms with Gasteiger partial charge in [0.1, 0.15) is 22.9 Å². The predicted octanol–water partition coefficient (Wildman–Crippen LogP) is 6.59. The van der Waals surface area contributed by atoms with E-state index in [4.69, 9.17) is 10.7 Å². The van der Waals surface area contributed by atoms with Crippen LogP contribution in [0, 0.1) is 0 Å². The van der Waals surface area contributed by atoms with Crippen LogP contribution in [0.3, 0.4) is 0 Å². The third kappa shape index (κ3) is 4.73. The highest BCUT2D eigenvalue weighted by atomic mass is 15.1. The van der Waals surface area contributed by atoms with Gasteiger partial charge in [0.05, 0.1) is 11.7 Å². The van der Waals surface area contributed by atoms with E-state index in [1.807, 2.05) is 37.8 Å². The zero-order chi connectivity index (χ0) is 24.1. The number of nitrogen functional groups attached to an aromatic ring is 1. The first-order valence-electron chi connectivity index (χ1n) is 11.9. The summed E-state index contributed by atoms with van der Waals surface area (Å²) in [6.45, 7) is 10.2. The lowest BCUT2D eigenvalue weighted by atomic mass is 9.97. The summed E-state index contributed by atoms with van der Waals surface area (Å²) in [5, 5.41) is 8.22. The fourth-order valence-electron chi connectivity index (χ4n) is 4.35. The van der Waals surface area contributed by atoms with Crippen LogP contribution in [0.1, 0.15) is 63.8 Å². The van der Waals surface area contributed by atoms with E-state index in [0.717, 1.165) is 64.8 Å². The number of fused-ring (bicyclic) bond motifs is 2. The van der Waals surface area contributed by atoms with Gasteiger partial charge in [0.2, 0.25) is 0 Å². The van der Waals surface area contributed by atoms with Gasteiger partial charge in [-0.15, -0.1) is 0 Å². The van der Waals surface area contributed by atoms with E-state index in [1.165, 1.54) is 5.56 Å². The molecular weight excluding hydrogens is 422 g/mol. The summed E-state index contributed by atoms with van der Waals surface area (Å²) in [7, 11) is 0. The van der Waals surface area contributed by atoms with E-state index in [0.29, 0.717) is 11.7 Å². The normalized spacial score (nSPS) is 11.2. The molecule has 0 aliphatic carbocycles. The van der Waals surface area contributed by atoms with Gasteiger partial charge >= 0.3 is 0 Å². The number of hydrogen-bond acceptors (Lipinski definition) is 4. The van der Waals surface area contributed by atoms with Crippen molar-refractivity contribution in [2.75, 3.05) is 5.73 Å². The van der Waals surface area contributed by atoms with Crippen molar-refractivity contribution in [3.05, 3.63) is 73.2 Å². The topological polar surface area (TPSA) is 101 Å². The molecule has 5 aromatic rings. The second kappa shape index (κ2) is 10.4. The number of benzene rings is 1. The Bertz CT molecular complexity index is 1370. The SMILES string of the molecule is C=C(C)c1cc[nH]c1.CCCC(CCC)c1nc(-c2ccc3cn[nH]c3c2)c2c(N)nccn12. The number of aromatic nitrogens is 6. The van der Waals surface area contributed by atoms with Crippen molar-refractivity contribution in [1.29, 1.82) is 0 Å². The second-order valence-electron chi connectivity index (χ2n) is 8.68. The van der Waals surface area contributed by atoms with Gasteiger partial charge in [0, 0.05) is 41.7 Å². The van der Waals surface area contributed by atoms with Gasteiger partial charge in [-0.2, -0.15) is 5.10 Å². The maximum absolute atomic E-state index is 6.26. The molecule has 4 aromatic heterocycles. The summed E-state index contributed by atoms with van der Waals surface area (Å²) in [6.07, 6.45) is 13.9. The molecule has 0 aliphatic heterocycles. The number of nitrogens with two attached hydrogens (primary N) is 1. The van der Waals surface area contributed by atoms with Gasteiger partial charge in [-0.25, -0.2) is 9.97 Å². The van der Waals surface area contributed by atoms with Crippen molar-refractivity contribution in [3.63, 3.8) is 0 Å². The minimum absolute atomic E-state index is 0.420. The van der Waals surface area contributed by atoms with Crippen LogP contribution in [0.5, 0.6) is 0 Å². The highest BCUT2D eigenvalue weighted by Gasteiger charge is 2.21. The molecule has 5 rings (SSSR count). The molecule has 0 aliphatic rings. The first-order valence-corrected chi connectivity index (χ1v) is 11.9. The van der Waals surface area contributed by atoms with Crippen LogP contribution in [0.4, 0.5) is 5.82 Å². The van der Waals surface area contributed by atoms with Crippen molar-refractivity contribution in [1.82, 2.24) is 29.5 Å². The molecule has 0 bridgehead atoms. The summed E-state index contributed by atoms with van der Waals surface area (Å²) in [4.78, 5) is 12.3. The summed E-state index contributed by atoms with van der Waals surface area (Å²) in [5.41, 5.74) is 12.3. The van der Waals surface area contributed by atoms with Crippen LogP contribution >= 0.6 is 0 Å². The van der Waals surface area contributed by atoms with E-state index in [9.17, 15) is 0 Å². The standard InChI is InChI=1S/C20H24N6.C7H9N/c1-3-5-13(6-4-2)20-24-17(18-19(21)22-9-10-26(18)20)14-7-8-15-12-23-25-16(15)11-14;1-6(2)7-3-4-8-5-7/h7-13H,3-6H2,1-2H3,(H2,21,22)(H,23,25);3-5,8H,1H2,2H3. The molecule has 7 heteroatoms. The van der Waals surface area contributed by atoms with E-state index in [1.54, 1.807) is 6.20 Å². The van der Waals surface area contributed by atoms with Crippen molar-refractivity contribution < 1.29 is 0 Å². The Kier molecular flexibility index (Phi) is 7.11. The summed E-state index contributed by atoms with van der Waals surface area (Å²) in [6, 6.07) is 8.21. The van der Waals surface area contributed by atoms with Gasteiger partial charge in [-0.3, -0.25) is 9.50 Å². The molecular formula is C27H33N7. The maximum Gasteiger partial charge on any atom is 0.150 e. The number of anilines is 1. The third-order valence-electron chi connectivity index (χ3n) is 6.06. The molecule has 34 heavy (non-hydrogen) atoms. The first-order chi connectivity index (χ1) is 16.5. The minimum atomic E-state index is 0.420. The van der Waals surface area contributed by atoms with E-state index in [2.05, 4.69) is 63.2 Å². The zero-order valence-electron chi connectivity index (χ0n) is 20.2. The monoisotopic (exact) mass is 455 g/mol. The summed E-state index contributed by atoms with van der Waals surface area (Å²) in [5.74, 6) is 2.01. The molecule has 0 atom stereocenters. The fourth-order valence-corrected chi connectivity index (χ4v) is 4.35. The Morgan fingerprint density at radius 3 is 2.62 bits per heavy atom. The van der Waals surface area contributed by atoms with E-state index < -0.39 is 0 Å². The average Bonchev–Trinajstić information content (AvgIpc) is 3.59. The van der Waals surface area contributed by atoms with Crippen LogP contribution in [-0.2, 0) is 0 Å². The minimum Gasteiger partial charge on any atom is -0.382 e. The quantitative estimate of drug-likeness (QED) is 0.258. The van der Waals surface area contributed by atoms with Crippen LogP contribution in [0.25, 0.3) is 33.3 Å². The predicted molar refractivity (Wildman–Crippen MR) is 141 cm³/mol. The Labute approximate surface area is 200 Å². The highest BCUT2D eigenvalue weighted by molar-refractivity contribution is 5.90. The Balaban J connectivity index is 0.000000291. The van der Waals surface area contributed by atoms with Crippen LogP contribution < -0.4 is 5.73 Å². The number of imidazole rings is 1. The van der Waals surface area contributed by atoms with Crippen molar-refractivity contribution in [2.24, 2.45) is 0 Å². The lowest BCUT2D eigenvalue weighted by molar-refractivity contribution is 0.532. The van der Waals surface area contributed by atoms with Crippen molar-refractivity contribution in [3.8, 4) is 11.3 Å². The smallest absolute Gasteiger partial charge is 0.150 e. The molecule has 0 fully saturated rings. The number of rotatable bonds is 7. The Morgan fingerprint density at radius 1 is 1.18 bits per heavy atom. The van der Waals surface area contributed by atoms with Gasteiger partial charge in [0.15, 0.2) is 0 Å². The first kappa shape index (κ1) is 23.3. The maximum atomic E-state index is 6.26. The van der Waals surface area contributed by atoms with Gasteiger partial charge in [-0.1, -0.05) is 45.4 Å². The molecule has 0 saturated heterocycles. The van der Waals surface area contributed by atoms with Crippen LogP contribution in [0.2, 0.25) is 0 Å². The lowest BCUT2D eigenvalue weighted by Gasteiger charge is -2.14. The van der Waals surface area contributed by atoms with Gasteiger partial charge in [0.25, 0.3) is 0 Å². The molecule has 0 saturated carbocycles. The van der Waals surface area contributed by atoms with Crippen molar-refractivity contribution >= 4 is 27.8 Å². The molecule has 1 aromatic carbocycles. The molecule has 0 spiro atoms. The van der Waals surface area contributed by atoms with Crippen LogP contribution in [0.15, 0.2) is 61.8 Å². The molecule has 7 nitrogen and oxygen atoms in total. The van der Waals surface area contributed by atoms with E-state index >= 15 is 0 Å². The number of aromatic amines is 2. The molecule has 0 radical (unpaired) electrons. The molecule has 0 unspecified atom stereocenters. The van der Waals surface area contributed by atoms with Gasteiger partial charge < -0.3 is 10.7 Å². The summed E-state index contributed by atoms with van der Waals surface area (Å²) >= 11 is 0. The average molecular weight is 456 g/mol. The van der Waals surface area contributed by atoms with Gasteiger partial charge in [-0.05, 0) is 43.0 Å². The number of hydrogen-bond donors (Lipinski definition) is 3. The number of H-pyrrole nitrogens is 2. The highest BCUT2D eigenvalue weighted by Crippen LogP contribution is 2.34. The molecule has 0 amide bonds. The number of nitrogens with one attached hydrogen (secondary N) is 2.